The first-order chi connectivity index (χ1) is 7.21. The Labute approximate surface area is 117 Å². The van der Waals surface area contributed by atoms with Crippen LogP contribution in [0, 0.1) is 0 Å². The second kappa shape index (κ2) is 5.81. The van der Waals surface area contributed by atoms with Crippen LogP contribution in [0.15, 0.2) is 60.7 Å². The molecule has 2 nitrogen and oxygen atoms in total. The van der Waals surface area contributed by atoms with Gasteiger partial charge in [0, 0.05) is 40.2 Å². The standard InChI is InChI=1S/C12H11O2P.Na/c13-15(14,11-7-3-1-4-8-11)12-9-5-2-6-10-12;/h1-10H,(H,13,14);. The molecular formula is C12H11NaO2P. The molecule has 0 unspecified atom stereocenters. The van der Waals surface area contributed by atoms with Crippen LogP contribution in [0.4, 0.5) is 0 Å². The van der Waals surface area contributed by atoms with Gasteiger partial charge in [-0.05, 0) is 24.3 Å². The van der Waals surface area contributed by atoms with E-state index < -0.39 is 7.37 Å². The monoisotopic (exact) mass is 241 g/mol. The molecule has 0 amide bonds. The molecule has 0 fully saturated rings. The normalized spacial score (nSPS) is 10.6. The van der Waals surface area contributed by atoms with Crippen molar-refractivity contribution in [3.05, 3.63) is 60.7 Å². The van der Waals surface area contributed by atoms with Crippen molar-refractivity contribution in [2.45, 2.75) is 0 Å². The van der Waals surface area contributed by atoms with Crippen molar-refractivity contribution in [2.75, 3.05) is 0 Å². The molecule has 0 spiro atoms. The number of hydrogen-bond acceptors (Lipinski definition) is 1. The molecular weight excluding hydrogens is 230 g/mol. The summed E-state index contributed by atoms with van der Waals surface area (Å²) in [6, 6.07) is 17.4. The van der Waals surface area contributed by atoms with Gasteiger partial charge in [0.2, 0.25) is 0 Å². The van der Waals surface area contributed by atoms with Gasteiger partial charge in [0.15, 0.2) is 0 Å². The molecule has 0 aliphatic rings. The second-order valence-electron chi connectivity index (χ2n) is 3.25. The summed E-state index contributed by atoms with van der Waals surface area (Å²) in [5.74, 6) is 0. The van der Waals surface area contributed by atoms with Gasteiger partial charge >= 0.3 is 0 Å². The van der Waals surface area contributed by atoms with Crippen LogP contribution in [0.25, 0.3) is 0 Å². The number of rotatable bonds is 2. The quantitative estimate of drug-likeness (QED) is 0.639. The van der Waals surface area contributed by atoms with Crippen LogP contribution in [0.2, 0.25) is 0 Å². The fourth-order valence-corrected chi connectivity index (χ4v) is 2.86. The van der Waals surface area contributed by atoms with Gasteiger partial charge in [0.05, 0.1) is 0 Å². The second-order valence-corrected chi connectivity index (χ2v) is 5.43. The zero-order chi connectivity index (χ0) is 10.7. The van der Waals surface area contributed by atoms with E-state index in [9.17, 15) is 9.46 Å². The van der Waals surface area contributed by atoms with Crippen LogP contribution in [-0.4, -0.2) is 34.5 Å². The summed E-state index contributed by atoms with van der Waals surface area (Å²) in [6.07, 6.45) is 0. The van der Waals surface area contributed by atoms with Crippen LogP contribution < -0.4 is 10.6 Å². The van der Waals surface area contributed by atoms with Gasteiger partial charge in [-0.1, -0.05) is 36.4 Å². The van der Waals surface area contributed by atoms with Crippen molar-refractivity contribution in [3.8, 4) is 0 Å². The summed E-state index contributed by atoms with van der Waals surface area (Å²) in [5.41, 5.74) is 0. The van der Waals surface area contributed by atoms with Crippen LogP contribution in [0.5, 0.6) is 0 Å². The Morgan fingerprint density at radius 2 is 1.06 bits per heavy atom. The molecule has 1 N–H and O–H groups in total. The first-order valence-corrected chi connectivity index (χ1v) is 6.31. The van der Waals surface area contributed by atoms with Crippen molar-refractivity contribution >= 4 is 47.5 Å². The Kier molecular flexibility index (Phi) is 4.97. The Balaban J connectivity index is 0.00000128. The fraction of sp³-hybridized carbons (Fsp3) is 0. The van der Waals surface area contributed by atoms with Crippen molar-refractivity contribution in [1.29, 1.82) is 0 Å². The van der Waals surface area contributed by atoms with E-state index >= 15 is 0 Å². The average Bonchev–Trinajstić information content (AvgIpc) is 2.31. The first-order valence-electron chi connectivity index (χ1n) is 4.65. The molecule has 0 heterocycles. The third-order valence-corrected chi connectivity index (χ3v) is 4.21. The van der Waals surface area contributed by atoms with Crippen molar-refractivity contribution in [2.24, 2.45) is 0 Å². The minimum Gasteiger partial charge on any atom is -0.338 e. The molecule has 0 saturated carbocycles. The average molecular weight is 241 g/mol. The Morgan fingerprint density at radius 3 is 1.38 bits per heavy atom. The van der Waals surface area contributed by atoms with Gasteiger partial charge in [0.25, 0.3) is 7.37 Å². The van der Waals surface area contributed by atoms with Gasteiger partial charge in [-0.15, -0.1) is 0 Å². The summed E-state index contributed by atoms with van der Waals surface area (Å²) in [4.78, 5) is 10.0. The SMILES string of the molecule is O=P(O)(c1ccccc1)c1ccccc1.[Na]. The Morgan fingerprint density at radius 1 is 0.750 bits per heavy atom. The molecule has 77 valence electrons. The zero-order valence-electron chi connectivity index (χ0n) is 9.08. The Bertz CT molecular complexity index is 441. The maximum Gasteiger partial charge on any atom is 0.258 e. The van der Waals surface area contributed by atoms with Gasteiger partial charge in [-0.2, -0.15) is 0 Å². The van der Waals surface area contributed by atoms with E-state index in [1.54, 1.807) is 48.5 Å². The predicted molar refractivity (Wildman–Crippen MR) is 67.7 cm³/mol. The molecule has 16 heavy (non-hydrogen) atoms. The van der Waals surface area contributed by atoms with Crippen LogP contribution in [0.1, 0.15) is 0 Å². The topological polar surface area (TPSA) is 37.3 Å². The molecule has 1 radical (unpaired) electrons. The summed E-state index contributed by atoms with van der Waals surface area (Å²) in [6.45, 7) is 0. The smallest absolute Gasteiger partial charge is 0.258 e. The molecule has 0 bridgehead atoms. The third kappa shape index (κ3) is 2.85. The molecule has 0 aliphatic heterocycles. The fourth-order valence-electron chi connectivity index (χ4n) is 1.41. The van der Waals surface area contributed by atoms with E-state index in [1.165, 1.54) is 0 Å². The largest absolute Gasteiger partial charge is 0.338 e. The van der Waals surface area contributed by atoms with Gasteiger partial charge in [-0.3, -0.25) is 4.57 Å². The minimum absolute atomic E-state index is 0. The Hall–Kier alpha value is -0.370. The van der Waals surface area contributed by atoms with Gasteiger partial charge in [-0.25, -0.2) is 0 Å². The molecule has 2 rings (SSSR count). The first kappa shape index (κ1) is 13.7. The van der Waals surface area contributed by atoms with E-state index in [-0.39, 0.29) is 29.6 Å². The van der Waals surface area contributed by atoms with Crippen molar-refractivity contribution < 1.29 is 9.46 Å². The molecule has 2 aromatic carbocycles. The maximum atomic E-state index is 12.2. The van der Waals surface area contributed by atoms with Gasteiger partial charge in [0.1, 0.15) is 0 Å². The van der Waals surface area contributed by atoms with E-state index in [0.717, 1.165) is 0 Å². The number of benzene rings is 2. The van der Waals surface area contributed by atoms with Gasteiger partial charge < -0.3 is 4.89 Å². The van der Waals surface area contributed by atoms with E-state index in [4.69, 9.17) is 0 Å². The molecule has 0 aliphatic carbocycles. The number of hydrogen-bond donors (Lipinski definition) is 1. The van der Waals surface area contributed by atoms with E-state index in [0.29, 0.717) is 10.6 Å². The maximum absolute atomic E-state index is 12.2. The predicted octanol–water partition coefficient (Wildman–Crippen LogP) is 1.53. The summed E-state index contributed by atoms with van der Waals surface area (Å²) in [7, 11) is -3.40. The molecule has 0 saturated heterocycles. The molecule has 0 atom stereocenters. The van der Waals surface area contributed by atoms with E-state index in [1.807, 2.05) is 12.1 Å². The van der Waals surface area contributed by atoms with Crippen LogP contribution in [-0.2, 0) is 4.57 Å². The molecule has 2 aromatic rings. The van der Waals surface area contributed by atoms with Crippen LogP contribution >= 0.6 is 7.37 Å². The summed E-state index contributed by atoms with van der Waals surface area (Å²) in [5, 5.41) is 0.937. The minimum atomic E-state index is -3.40. The van der Waals surface area contributed by atoms with Crippen molar-refractivity contribution in [1.82, 2.24) is 0 Å². The van der Waals surface area contributed by atoms with Crippen molar-refractivity contribution in [3.63, 3.8) is 0 Å². The molecule has 4 heteroatoms. The molecule has 0 aromatic heterocycles. The summed E-state index contributed by atoms with van der Waals surface area (Å²) >= 11 is 0. The third-order valence-electron chi connectivity index (χ3n) is 2.21. The van der Waals surface area contributed by atoms with Crippen LogP contribution in [0.3, 0.4) is 0 Å². The zero-order valence-corrected chi connectivity index (χ0v) is 12.0. The van der Waals surface area contributed by atoms with E-state index in [2.05, 4.69) is 0 Å². The summed E-state index contributed by atoms with van der Waals surface area (Å²) < 4.78 is 12.2.